The second-order valence-electron chi connectivity index (χ2n) is 3.48. The number of nitrogens with zero attached hydrogens (tertiary/aromatic N) is 2. The van der Waals surface area contributed by atoms with Crippen LogP contribution in [0.25, 0.3) is 0 Å². The Kier molecular flexibility index (Phi) is 3.12. The van der Waals surface area contributed by atoms with E-state index < -0.39 is 0 Å². The van der Waals surface area contributed by atoms with E-state index in [0.29, 0.717) is 11.6 Å². The fraction of sp³-hybridized carbons (Fsp3) is 0.167. The van der Waals surface area contributed by atoms with Crippen LogP contribution in [0.5, 0.6) is 11.6 Å². The van der Waals surface area contributed by atoms with Gasteiger partial charge in [0.1, 0.15) is 5.75 Å². The summed E-state index contributed by atoms with van der Waals surface area (Å²) in [6, 6.07) is 7.27. The summed E-state index contributed by atoms with van der Waals surface area (Å²) in [4.78, 5) is 8.14. The summed E-state index contributed by atoms with van der Waals surface area (Å²) in [5, 5.41) is 0. The van der Waals surface area contributed by atoms with Crippen molar-refractivity contribution < 1.29 is 4.74 Å². The standard InChI is InChI=1S/C12H13N3O/c1-9(13)11-5-3-7-15-12(11)16-10-4-2-6-14-8-10/h2-9H,13H2,1H3/t9-/m0/s1. The van der Waals surface area contributed by atoms with Gasteiger partial charge < -0.3 is 10.5 Å². The molecule has 2 aromatic heterocycles. The zero-order valence-corrected chi connectivity index (χ0v) is 9.00. The molecule has 0 radical (unpaired) electrons. The Morgan fingerprint density at radius 1 is 1.25 bits per heavy atom. The molecular formula is C12H13N3O. The summed E-state index contributed by atoms with van der Waals surface area (Å²) in [5.74, 6) is 1.19. The summed E-state index contributed by atoms with van der Waals surface area (Å²) in [6.45, 7) is 1.90. The van der Waals surface area contributed by atoms with Crippen LogP contribution in [0, 0.1) is 0 Å². The highest BCUT2D eigenvalue weighted by atomic mass is 16.5. The van der Waals surface area contributed by atoms with Crippen LogP contribution in [0.2, 0.25) is 0 Å². The maximum atomic E-state index is 5.83. The van der Waals surface area contributed by atoms with E-state index in [2.05, 4.69) is 9.97 Å². The average Bonchev–Trinajstić information content (AvgIpc) is 2.31. The molecule has 2 N–H and O–H groups in total. The number of aromatic nitrogens is 2. The molecule has 1 atom stereocenters. The first-order valence-electron chi connectivity index (χ1n) is 5.06. The van der Waals surface area contributed by atoms with Crippen molar-refractivity contribution in [2.75, 3.05) is 0 Å². The van der Waals surface area contributed by atoms with Crippen LogP contribution >= 0.6 is 0 Å². The van der Waals surface area contributed by atoms with Crippen LogP contribution in [0.1, 0.15) is 18.5 Å². The molecule has 0 amide bonds. The van der Waals surface area contributed by atoms with Gasteiger partial charge in [-0.1, -0.05) is 6.07 Å². The van der Waals surface area contributed by atoms with Crippen molar-refractivity contribution in [2.45, 2.75) is 13.0 Å². The smallest absolute Gasteiger partial charge is 0.224 e. The molecule has 4 heteroatoms. The monoisotopic (exact) mass is 215 g/mol. The summed E-state index contributed by atoms with van der Waals surface area (Å²) in [6.07, 6.45) is 5.01. The van der Waals surface area contributed by atoms with Gasteiger partial charge in [0.2, 0.25) is 5.88 Å². The van der Waals surface area contributed by atoms with E-state index in [4.69, 9.17) is 10.5 Å². The van der Waals surface area contributed by atoms with Crippen molar-refractivity contribution in [3.05, 3.63) is 48.4 Å². The van der Waals surface area contributed by atoms with Gasteiger partial charge in [0, 0.05) is 24.0 Å². The first-order valence-corrected chi connectivity index (χ1v) is 5.06. The third kappa shape index (κ3) is 2.35. The summed E-state index contributed by atoms with van der Waals surface area (Å²) in [7, 11) is 0. The lowest BCUT2D eigenvalue weighted by molar-refractivity contribution is 0.450. The lowest BCUT2D eigenvalue weighted by Crippen LogP contribution is -2.07. The largest absolute Gasteiger partial charge is 0.437 e. The summed E-state index contributed by atoms with van der Waals surface area (Å²) >= 11 is 0. The fourth-order valence-electron chi connectivity index (χ4n) is 1.35. The minimum absolute atomic E-state index is 0.111. The third-order valence-electron chi connectivity index (χ3n) is 2.14. The molecule has 82 valence electrons. The number of pyridine rings is 2. The van der Waals surface area contributed by atoms with Crippen LogP contribution in [0.3, 0.4) is 0 Å². The molecule has 0 aliphatic rings. The maximum absolute atomic E-state index is 5.83. The number of hydrogen-bond acceptors (Lipinski definition) is 4. The van der Waals surface area contributed by atoms with Crippen LogP contribution in [-0.2, 0) is 0 Å². The second kappa shape index (κ2) is 4.72. The van der Waals surface area contributed by atoms with Gasteiger partial charge in [-0.3, -0.25) is 4.98 Å². The minimum atomic E-state index is -0.111. The van der Waals surface area contributed by atoms with Crippen LogP contribution in [-0.4, -0.2) is 9.97 Å². The van der Waals surface area contributed by atoms with E-state index in [1.807, 2.05) is 31.2 Å². The lowest BCUT2D eigenvalue weighted by atomic mass is 10.1. The number of nitrogens with two attached hydrogens (primary N) is 1. The SMILES string of the molecule is C[C@H](N)c1cccnc1Oc1cccnc1. The van der Waals surface area contributed by atoms with Gasteiger partial charge >= 0.3 is 0 Å². The Hall–Kier alpha value is -1.94. The summed E-state index contributed by atoms with van der Waals surface area (Å²) < 4.78 is 5.62. The molecular weight excluding hydrogens is 202 g/mol. The van der Waals surface area contributed by atoms with Crippen molar-refractivity contribution in [3.63, 3.8) is 0 Å². The minimum Gasteiger partial charge on any atom is -0.437 e. The molecule has 0 fully saturated rings. The van der Waals surface area contributed by atoms with Gasteiger partial charge in [-0.15, -0.1) is 0 Å². The molecule has 2 aromatic rings. The Labute approximate surface area is 94.1 Å². The average molecular weight is 215 g/mol. The van der Waals surface area contributed by atoms with Crippen LogP contribution in [0.4, 0.5) is 0 Å². The van der Waals surface area contributed by atoms with Crippen molar-refractivity contribution >= 4 is 0 Å². The first kappa shape index (κ1) is 10.6. The maximum Gasteiger partial charge on any atom is 0.224 e. The van der Waals surface area contributed by atoms with Crippen molar-refractivity contribution in [3.8, 4) is 11.6 Å². The van der Waals surface area contributed by atoms with Gasteiger partial charge in [0.25, 0.3) is 0 Å². The van der Waals surface area contributed by atoms with Gasteiger partial charge in [-0.25, -0.2) is 4.98 Å². The molecule has 2 rings (SSSR count). The highest BCUT2D eigenvalue weighted by Gasteiger charge is 2.09. The third-order valence-corrected chi connectivity index (χ3v) is 2.14. The predicted octanol–water partition coefficient (Wildman–Crippen LogP) is 2.29. The Balaban J connectivity index is 2.28. The lowest BCUT2D eigenvalue weighted by Gasteiger charge is -2.11. The number of rotatable bonds is 3. The van der Waals surface area contributed by atoms with Crippen molar-refractivity contribution in [2.24, 2.45) is 5.73 Å². The Bertz CT molecular complexity index is 457. The molecule has 0 bridgehead atoms. The molecule has 0 aliphatic carbocycles. The first-order chi connectivity index (χ1) is 7.77. The number of hydrogen-bond donors (Lipinski definition) is 1. The normalized spacial score (nSPS) is 12.1. The van der Waals surface area contributed by atoms with E-state index in [1.165, 1.54) is 0 Å². The number of ether oxygens (including phenoxy) is 1. The predicted molar refractivity (Wildman–Crippen MR) is 61.2 cm³/mol. The van der Waals surface area contributed by atoms with Crippen molar-refractivity contribution in [1.82, 2.24) is 9.97 Å². The van der Waals surface area contributed by atoms with Gasteiger partial charge in [-0.2, -0.15) is 0 Å². The molecule has 0 saturated carbocycles. The van der Waals surface area contributed by atoms with Crippen LogP contribution < -0.4 is 10.5 Å². The molecule has 4 nitrogen and oxygen atoms in total. The highest BCUT2D eigenvalue weighted by molar-refractivity contribution is 5.32. The van der Waals surface area contributed by atoms with Gasteiger partial charge in [-0.05, 0) is 25.1 Å². The molecule has 0 unspecified atom stereocenters. The molecule has 0 spiro atoms. The van der Waals surface area contributed by atoms with E-state index in [1.54, 1.807) is 18.6 Å². The topological polar surface area (TPSA) is 61.0 Å². The van der Waals surface area contributed by atoms with Gasteiger partial charge in [0.15, 0.2) is 0 Å². The molecule has 16 heavy (non-hydrogen) atoms. The second-order valence-corrected chi connectivity index (χ2v) is 3.48. The van der Waals surface area contributed by atoms with E-state index >= 15 is 0 Å². The van der Waals surface area contributed by atoms with E-state index in [9.17, 15) is 0 Å². The van der Waals surface area contributed by atoms with E-state index in [0.717, 1.165) is 5.56 Å². The highest BCUT2D eigenvalue weighted by Crippen LogP contribution is 2.25. The zero-order valence-electron chi connectivity index (χ0n) is 9.00. The Morgan fingerprint density at radius 2 is 2.06 bits per heavy atom. The zero-order chi connectivity index (χ0) is 11.4. The summed E-state index contributed by atoms with van der Waals surface area (Å²) in [5.41, 5.74) is 6.71. The Morgan fingerprint density at radius 3 is 2.75 bits per heavy atom. The van der Waals surface area contributed by atoms with Crippen LogP contribution in [0.15, 0.2) is 42.9 Å². The molecule has 0 saturated heterocycles. The van der Waals surface area contributed by atoms with Gasteiger partial charge in [0.05, 0.1) is 6.20 Å². The quantitative estimate of drug-likeness (QED) is 0.853. The fourth-order valence-corrected chi connectivity index (χ4v) is 1.35. The molecule has 0 aliphatic heterocycles. The molecule has 2 heterocycles. The van der Waals surface area contributed by atoms with E-state index in [-0.39, 0.29) is 6.04 Å². The van der Waals surface area contributed by atoms with Crippen molar-refractivity contribution in [1.29, 1.82) is 0 Å². The molecule has 0 aromatic carbocycles.